The fourth-order valence-electron chi connectivity index (χ4n) is 3.83. The van der Waals surface area contributed by atoms with Gasteiger partial charge >= 0.3 is 0 Å². The Labute approximate surface area is 113 Å². The summed E-state index contributed by atoms with van der Waals surface area (Å²) in [6, 6.07) is 8.25. The summed E-state index contributed by atoms with van der Waals surface area (Å²) >= 11 is 0. The Morgan fingerprint density at radius 3 is 2.58 bits per heavy atom. The highest BCUT2D eigenvalue weighted by Crippen LogP contribution is 2.39. The molecule has 4 rings (SSSR count). The molecule has 1 aromatic carbocycles. The van der Waals surface area contributed by atoms with E-state index in [9.17, 15) is 0 Å². The summed E-state index contributed by atoms with van der Waals surface area (Å²) in [7, 11) is 2.23. The zero-order valence-electron chi connectivity index (χ0n) is 11.3. The van der Waals surface area contributed by atoms with Crippen molar-refractivity contribution in [2.24, 2.45) is 11.8 Å². The van der Waals surface area contributed by atoms with Gasteiger partial charge in [-0.3, -0.25) is 4.90 Å². The maximum Gasteiger partial charge on any atom is 0.191 e. The molecule has 0 bridgehead atoms. The van der Waals surface area contributed by atoms with Gasteiger partial charge in [0.25, 0.3) is 0 Å². The average molecular weight is 260 g/mol. The molecule has 4 heteroatoms. The van der Waals surface area contributed by atoms with Crippen molar-refractivity contribution < 1.29 is 9.47 Å². The standard InChI is InChI=1S/C15H20N2O2/c1-16-6-11-8-17(9-12(11)7-16)15-13-4-2-3-5-14(13)18-10-19-15/h2-5,11-12,15H,6-10H2,1H3. The predicted octanol–water partition coefficient (Wildman–Crippen LogP) is 1.55. The lowest BCUT2D eigenvalue weighted by molar-refractivity contribution is -0.127. The molecule has 102 valence electrons. The zero-order valence-corrected chi connectivity index (χ0v) is 11.3. The molecule has 0 spiro atoms. The smallest absolute Gasteiger partial charge is 0.191 e. The van der Waals surface area contributed by atoms with E-state index in [1.165, 1.54) is 18.7 Å². The summed E-state index contributed by atoms with van der Waals surface area (Å²) in [6.45, 7) is 5.12. The van der Waals surface area contributed by atoms with E-state index in [0.717, 1.165) is 30.7 Å². The van der Waals surface area contributed by atoms with Gasteiger partial charge in [0.15, 0.2) is 6.79 Å². The third-order valence-electron chi connectivity index (χ3n) is 4.65. The van der Waals surface area contributed by atoms with Crippen LogP contribution in [0.15, 0.2) is 24.3 Å². The lowest BCUT2D eigenvalue weighted by Gasteiger charge is -2.33. The molecule has 0 amide bonds. The predicted molar refractivity (Wildman–Crippen MR) is 71.8 cm³/mol. The van der Waals surface area contributed by atoms with Gasteiger partial charge in [-0.1, -0.05) is 18.2 Å². The highest BCUT2D eigenvalue weighted by atomic mass is 16.7. The first-order chi connectivity index (χ1) is 9.31. The number of nitrogens with zero attached hydrogens (tertiary/aromatic N) is 2. The van der Waals surface area contributed by atoms with Gasteiger partial charge in [0.05, 0.1) is 0 Å². The van der Waals surface area contributed by atoms with Gasteiger partial charge in [-0.25, -0.2) is 0 Å². The first-order valence-electron chi connectivity index (χ1n) is 7.07. The molecule has 0 N–H and O–H groups in total. The maximum absolute atomic E-state index is 5.87. The summed E-state index contributed by atoms with van der Waals surface area (Å²) in [5.74, 6) is 2.60. The van der Waals surface area contributed by atoms with Crippen molar-refractivity contribution in [2.75, 3.05) is 40.0 Å². The number of likely N-dealkylation sites (tertiary alicyclic amines) is 2. The molecule has 3 atom stereocenters. The van der Waals surface area contributed by atoms with E-state index in [1.54, 1.807) is 0 Å². The van der Waals surface area contributed by atoms with E-state index in [4.69, 9.17) is 9.47 Å². The molecule has 0 aliphatic carbocycles. The highest BCUT2D eigenvalue weighted by molar-refractivity contribution is 5.36. The Morgan fingerprint density at radius 1 is 1.05 bits per heavy atom. The quantitative estimate of drug-likeness (QED) is 0.765. The topological polar surface area (TPSA) is 24.9 Å². The Kier molecular flexibility index (Phi) is 2.76. The van der Waals surface area contributed by atoms with Crippen LogP contribution >= 0.6 is 0 Å². The number of benzene rings is 1. The van der Waals surface area contributed by atoms with Crippen LogP contribution in [0.2, 0.25) is 0 Å². The molecule has 0 aromatic heterocycles. The maximum atomic E-state index is 5.87. The van der Waals surface area contributed by atoms with Gasteiger partial charge in [0, 0.05) is 31.7 Å². The second-order valence-electron chi connectivity index (χ2n) is 6.01. The van der Waals surface area contributed by atoms with E-state index in [1.807, 2.05) is 12.1 Å². The number of para-hydroxylation sites is 1. The lowest BCUT2D eigenvalue weighted by Crippen LogP contribution is -2.34. The molecule has 3 aliphatic rings. The lowest BCUT2D eigenvalue weighted by atomic mass is 10.0. The van der Waals surface area contributed by atoms with Crippen LogP contribution in [0.1, 0.15) is 11.8 Å². The summed E-state index contributed by atoms with van der Waals surface area (Å²) in [6.07, 6.45) is 0.0841. The second-order valence-corrected chi connectivity index (χ2v) is 6.01. The van der Waals surface area contributed by atoms with E-state index < -0.39 is 0 Å². The Morgan fingerprint density at radius 2 is 1.79 bits per heavy atom. The summed E-state index contributed by atoms with van der Waals surface area (Å²) in [5, 5.41) is 0. The molecule has 2 fully saturated rings. The molecule has 3 aliphatic heterocycles. The minimum atomic E-state index is 0.0841. The van der Waals surface area contributed by atoms with Crippen molar-refractivity contribution in [2.45, 2.75) is 6.23 Å². The molecule has 3 unspecified atom stereocenters. The number of fused-ring (bicyclic) bond motifs is 2. The summed E-state index contributed by atoms with van der Waals surface area (Å²) in [4.78, 5) is 4.94. The van der Waals surface area contributed by atoms with Crippen molar-refractivity contribution in [1.82, 2.24) is 9.80 Å². The second kappa shape index (κ2) is 4.47. The van der Waals surface area contributed by atoms with Crippen LogP contribution in [0.5, 0.6) is 5.75 Å². The van der Waals surface area contributed by atoms with E-state index in [2.05, 4.69) is 29.0 Å². The van der Waals surface area contributed by atoms with Crippen molar-refractivity contribution in [1.29, 1.82) is 0 Å². The molecule has 0 saturated carbocycles. The van der Waals surface area contributed by atoms with E-state index in [-0.39, 0.29) is 6.23 Å². The van der Waals surface area contributed by atoms with Gasteiger partial charge in [0.2, 0.25) is 0 Å². The van der Waals surface area contributed by atoms with Crippen LogP contribution < -0.4 is 4.74 Å². The van der Waals surface area contributed by atoms with Crippen LogP contribution in [0.3, 0.4) is 0 Å². The molecular weight excluding hydrogens is 240 g/mol. The summed E-state index contributed by atoms with van der Waals surface area (Å²) < 4.78 is 11.4. The van der Waals surface area contributed by atoms with Gasteiger partial charge in [-0.05, 0) is 24.9 Å². The minimum Gasteiger partial charge on any atom is -0.467 e. The Hall–Kier alpha value is -1.10. The average Bonchev–Trinajstić information content (AvgIpc) is 2.95. The molecular formula is C15H20N2O2. The third-order valence-corrected chi connectivity index (χ3v) is 4.65. The van der Waals surface area contributed by atoms with Gasteiger partial charge in [0.1, 0.15) is 12.0 Å². The van der Waals surface area contributed by atoms with Crippen LogP contribution in [0.25, 0.3) is 0 Å². The van der Waals surface area contributed by atoms with Gasteiger partial charge in [-0.2, -0.15) is 0 Å². The Bertz CT molecular complexity index is 465. The normalized spacial score (nSPS) is 34.9. The first-order valence-corrected chi connectivity index (χ1v) is 7.07. The molecule has 0 radical (unpaired) electrons. The first kappa shape index (κ1) is 11.7. The minimum absolute atomic E-state index is 0.0841. The van der Waals surface area contributed by atoms with Crippen LogP contribution in [0.4, 0.5) is 0 Å². The van der Waals surface area contributed by atoms with E-state index >= 15 is 0 Å². The summed E-state index contributed by atoms with van der Waals surface area (Å²) in [5.41, 5.74) is 1.18. The van der Waals surface area contributed by atoms with Crippen molar-refractivity contribution >= 4 is 0 Å². The molecule has 3 heterocycles. The number of hydrogen-bond donors (Lipinski definition) is 0. The zero-order chi connectivity index (χ0) is 12.8. The highest BCUT2D eigenvalue weighted by Gasteiger charge is 2.42. The van der Waals surface area contributed by atoms with Gasteiger partial charge in [-0.15, -0.1) is 0 Å². The largest absolute Gasteiger partial charge is 0.467 e. The van der Waals surface area contributed by atoms with E-state index in [0.29, 0.717) is 6.79 Å². The van der Waals surface area contributed by atoms with Crippen molar-refractivity contribution in [3.8, 4) is 5.75 Å². The van der Waals surface area contributed by atoms with Crippen molar-refractivity contribution in [3.63, 3.8) is 0 Å². The number of ether oxygens (including phenoxy) is 2. The molecule has 4 nitrogen and oxygen atoms in total. The fraction of sp³-hybridized carbons (Fsp3) is 0.600. The monoisotopic (exact) mass is 260 g/mol. The fourth-order valence-corrected chi connectivity index (χ4v) is 3.83. The van der Waals surface area contributed by atoms with Crippen molar-refractivity contribution in [3.05, 3.63) is 29.8 Å². The SMILES string of the molecule is CN1CC2CN(C3OCOc4ccccc43)CC2C1. The molecule has 19 heavy (non-hydrogen) atoms. The van der Waals surface area contributed by atoms with Crippen LogP contribution in [-0.4, -0.2) is 49.8 Å². The Balaban J connectivity index is 1.56. The number of rotatable bonds is 1. The third kappa shape index (κ3) is 1.95. The van der Waals surface area contributed by atoms with Crippen LogP contribution in [0, 0.1) is 11.8 Å². The van der Waals surface area contributed by atoms with Crippen LogP contribution in [-0.2, 0) is 4.74 Å². The number of hydrogen-bond acceptors (Lipinski definition) is 4. The molecule has 2 saturated heterocycles. The molecule has 1 aromatic rings. The van der Waals surface area contributed by atoms with Gasteiger partial charge < -0.3 is 14.4 Å².